The molecule has 0 saturated carbocycles. The predicted molar refractivity (Wildman–Crippen MR) is 122 cm³/mol. The van der Waals surface area contributed by atoms with Crippen molar-refractivity contribution < 1.29 is 28.2 Å². The molecule has 1 unspecified atom stereocenters. The van der Waals surface area contributed by atoms with E-state index in [-0.39, 0.29) is 36.9 Å². The molecule has 3 amide bonds. The second-order valence-corrected chi connectivity index (χ2v) is 7.91. The third-order valence-electron chi connectivity index (χ3n) is 5.70. The van der Waals surface area contributed by atoms with Gasteiger partial charge in [0.1, 0.15) is 5.82 Å². The van der Waals surface area contributed by atoms with Gasteiger partial charge in [-0.3, -0.25) is 14.4 Å². The summed E-state index contributed by atoms with van der Waals surface area (Å²) in [7, 11) is 0. The Morgan fingerprint density at radius 1 is 0.941 bits per heavy atom. The Morgan fingerprint density at radius 3 is 2.56 bits per heavy atom. The predicted octanol–water partition coefficient (Wildman–Crippen LogP) is 3.80. The van der Waals surface area contributed by atoms with Gasteiger partial charge in [-0.2, -0.15) is 0 Å². The van der Waals surface area contributed by atoms with Gasteiger partial charge < -0.3 is 25.0 Å². The zero-order valence-corrected chi connectivity index (χ0v) is 17.9. The van der Waals surface area contributed by atoms with Crippen LogP contribution in [0.15, 0.2) is 66.7 Å². The maximum absolute atomic E-state index is 14.1. The standard InChI is InChI=1S/C25H20FN3O5/c26-18-6-2-4-8-20(18)29-13-15(11-23(29)30)24(31)28-19-7-3-1-5-17(19)25(32)27-16-9-10-21-22(12-16)34-14-33-21/h1-10,12,15H,11,13-14H2,(H,27,32)(H,28,31). The molecular weight excluding hydrogens is 441 g/mol. The highest BCUT2D eigenvalue weighted by Crippen LogP contribution is 2.34. The molecule has 2 aliphatic rings. The average Bonchev–Trinajstić information content (AvgIpc) is 3.46. The van der Waals surface area contributed by atoms with E-state index >= 15 is 0 Å². The van der Waals surface area contributed by atoms with Crippen LogP contribution in [-0.2, 0) is 9.59 Å². The first-order valence-electron chi connectivity index (χ1n) is 10.7. The van der Waals surface area contributed by atoms with Crippen molar-refractivity contribution >= 4 is 34.8 Å². The molecule has 9 heteroatoms. The molecule has 5 rings (SSSR count). The Balaban J connectivity index is 1.29. The summed E-state index contributed by atoms with van der Waals surface area (Å²) < 4.78 is 24.7. The number of amides is 3. The Labute approximate surface area is 194 Å². The van der Waals surface area contributed by atoms with Crippen molar-refractivity contribution in [3.63, 3.8) is 0 Å². The van der Waals surface area contributed by atoms with Crippen LogP contribution >= 0.6 is 0 Å². The number of hydrogen-bond donors (Lipinski definition) is 2. The fraction of sp³-hybridized carbons (Fsp3) is 0.160. The third-order valence-corrected chi connectivity index (χ3v) is 5.70. The van der Waals surface area contributed by atoms with Gasteiger partial charge >= 0.3 is 0 Å². The minimum Gasteiger partial charge on any atom is -0.454 e. The highest BCUT2D eigenvalue weighted by atomic mass is 19.1. The molecule has 2 aliphatic heterocycles. The highest BCUT2D eigenvalue weighted by Gasteiger charge is 2.36. The van der Waals surface area contributed by atoms with Gasteiger partial charge in [0.25, 0.3) is 5.91 Å². The van der Waals surface area contributed by atoms with Crippen LogP contribution in [0.4, 0.5) is 21.5 Å². The van der Waals surface area contributed by atoms with Crippen molar-refractivity contribution in [2.24, 2.45) is 5.92 Å². The number of nitrogens with zero attached hydrogens (tertiary/aromatic N) is 1. The van der Waals surface area contributed by atoms with Gasteiger partial charge in [0.05, 0.1) is 22.9 Å². The number of para-hydroxylation sites is 2. The summed E-state index contributed by atoms with van der Waals surface area (Å²) in [4.78, 5) is 39.6. The van der Waals surface area contributed by atoms with E-state index in [0.29, 0.717) is 22.9 Å². The van der Waals surface area contributed by atoms with Crippen LogP contribution in [-0.4, -0.2) is 31.1 Å². The van der Waals surface area contributed by atoms with E-state index < -0.39 is 23.5 Å². The summed E-state index contributed by atoms with van der Waals surface area (Å²) >= 11 is 0. The molecule has 34 heavy (non-hydrogen) atoms. The van der Waals surface area contributed by atoms with E-state index in [0.717, 1.165) is 0 Å². The SMILES string of the molecule is O=C(Nc1ccc2c(c1)OCO2)c1ccccc1NC(=O)C1CC(=O)N(c2ccccc2F)C1. The quantitative estimate of drug-likeness (QED) is 0.603. The number of hydrogen-bond acceptors (Lipinski definition) is 5. The number of fused-ring (bicyclic) bond motifs is 1. The fourth-order valence-electron chi connectivity index (χ4n) is 3.98. The zero-order valence-electron chi connectivity index (χ0n) is 17.9. The van der Waals surface area contributed by atoms with Crippen LogP contribution < -0.4 is 25.0 Å². The van der Waals surface area contributed by atoms with Gasteiger partial charge in [0.15, 0.2) is 11.5 Å². The summed E-state index contributed by atoms with van der Waals surface area (Å²) in [6.45, 7) is 0.177. The van der Waals surface area contributed by atoms with Crippen LogP contribution in [0.5, 0.6) is 11.5 Å². The molecule has 0 aromatic heterocycles. The summed E-state index contributed by atoms with van der Waals surface area (Å²) in [6, 6.07) is 17.6. The molecular formula is C25H20FN3O5. The van der Waals surface area contributed by atoms with Crippen molar-refractivity contribution in [2.75, 3.05) is 28.9 Å². The highest BCUT2D eigenvalue weighted by molar-refractivity contribution is 6.11. The molecule has 3 aromatic rings. The first-order valence-corrected chi connectivity index (χ1v) is 10.7. The van der Waals surface area contributed by atoms with Crippen molar-refractivity contribution in [1.82, 2.24) is 0 Å². The van der Waals surface area contributed by atoms with Gasteiger partial charge in [-0.25, -0.2) is 4.39 Å². The first-order chi connectivity index (χ1) is 16.5. The Morgan fingerprint density at radius 2 is 1.71 bits per heavy atom. The van der Waals surface area contributed by atoms with E-state index in [1.807, 2.05) is 0 Å². The normalized spacial score (nSPS) is 16.4. The van der Waals surface area contributed by atoms with E-state index in [4.69, 9.17) is 9.47 Å². The van der Waals surface area contributed by atoms with E-state index in [9.17, 15) is 18.8 Å². The maximum Gasteiger partial charge on any atom is 0.257 e. The number of halogens is 1. The average molecular weight is 461 g/mol. The molecule has 0 radical (unpaired) electrons. The lowest BCUT2D eigenvalue weighted by atomic mass is 10.1. The zero-order chi connectivity index (χ0) is 23.7. The summed E-state index contributed by atoms with van der Waals surface area (Å²) in [5.74, 6) is -1.26. The molecule has 0 bridgehead atoms. The molecule has 2 heterocycles. The maximum atomic E-state index is 14.1. The minimum absolute atomic E-state index is 0.0499. The lowest BCUT2D eigenvalue weighted by molar-refractivity contribution is -0.122. The van der Waals surface area contributed by atoms with Crippen LogP contribution in [0.25, 0.3) is 0 Å². The van der Waals surface area contributed by atoms with Gasteiger partial charge in [0.2, 0.25) is 18.6 Å². The molecule has 1 saturated heterocycles. The Hall–Kier alpha value is -4.40. The van der Waals surface area contributed by atoms with E-state index in [2.05, 4.69) is 10.6 Å². The van der Waals surface area contributed by atoms with Gasteiger partial charge in [-0.05, 0) is 36.4 Å². The molecule has 1 atom stereocenters. The second kappa shape index (κ2) is 8.86. The number of nitrogens with one attached hydrogen (secondary N) is 2. The lowest BCUT2D eigenvalue weighted by Crippen LogP contribution is -2.29. The van der Waals surface area contributed by atoms with Crippen LogP contribution in [0.3, 0.4) is 0 Å². The summed E-state index contributed by atoms with van der Waals surface area (Å²) in [5, 5.41) is 5.53. The Kier molecular flexibility index (Phi) is 5.59. The largest absolute Gasteiger partial charge is 0.454 e. The summed E-state index contributed by atoms with van der Waals surface area (Å²) in [6.07, 6.45) is -0.0499. The van der Waals surface area contributed by atoms with Crippen molar-refractivity contribution in [3.05, 3.63) is 78.1 Å². The number of carbonyl (C=O) groups is 3. The molecule has 172 valence electrons. The van der Waals surface area contributed by atoms with Crippen molar-refractivity contribution in [2.45, 2.75) is 6.42 Å². The van der Waals surface area contributed by atoms with E-state index in [1.54, 1.807) is 48.5 Å². The van der Waals surface area contributed by atoms with Crippen molar-refractivity contribution in [3.8, 4) is 11.5 Å². The van der Waals surface area contributed by atoms with Gasteiger partial charge in [-0.1, -0.05) is 24.3 Å². The third kappa shape index (κ3) is 4.15. The smallest absolute Gasteiger partial charge is 0.257 e. The Bertz CT molecular complexity index is 1300. The van der Waals surface area contributed by atoms with E-state index in [1.165, 1.54) is 23.1 Å². The van der Waals surface area contributed by atoms with Crippen LogP contribution in [0, 0.1) is 11.7 Å². The van der Waals surface area contributed by atoms with Crippen LogP contribution in [0.1, 0.15) is 16.8 Å². The molecule has 3 aromatic carbocycles. The molecule has 0 spiro atoms. The number of anilines is 3. The number of ether oxygens (including phenoxy) is 2. The monoisotopic (exact) mass is 461 g/mol. The number of benzene rings is 3. The topological polar surface area (TPSA) is 97.0 Å². The van der Waals surface area contributed by atoms with Crippen LogP contribution in [0.2, 0.25) is 0 Å². The molecule has 0 aliphatic carbocycles. The van der Waals surface area contributed by atoms with Crippen molar-refractivity contribution in [1.29, 1.82) is 0 Å². The molecule has 8 nitrogen and oxygen atoms in total. The second-order valence-electron chi connectivity index (χ2n) is 7.91. The van der Waals surface area contributed by atoms with Gasteiger partial charge in [0, 0.05) is 24.7 Å². The summed E-state index contributed by atoms with van der Waals surface area (Å²) in [5.41, 5.74) is 1.22. The van der Waals surface area contributed by atoms with Gasteiger partial charge in [-0.15, -0.1) is 0 Å². The first kappa shape index (κ1) is 21.4. The molecule has 2 N–H and O–H groups in total. The number of rotatable bonds is 5. The molecule has 1 fully saturated rings. The lowest BCUT2D eigenvalue weighted by Gasteiger charge is -2.17. The fourth-order valence-corrected chi connectivity index (χ4v) is 3.98. The minimum atomic E-state index is -0.683. The number of carbonyl (C=O) groups excluding carboxylic acids is 3.